The lowest BCUT2D eigenvalue weighted by atomic mass is 9.85. The summed E-state index contributed by atoms with van der Waals surface area (Å²) in [6, 6.07) is 9.56. The van der Waals surface area contributed by atoms with Gasteiger partial charge >= 0.3 is 6.36 Å². The first-order chi connectivity index (χ1) is 16.5. The molecule has 0 N–H and O–H groups in total. The fraction of sp³-hybridized carbons (Fsp3) is 0.455. The highest BCUT2D eigenvalue weighted by Gasteiger charge is 2.52. The Morgan fingerprint density at radius 2 is 2.15 bits per heavy atom. The fourth-order valence-corrected chi connectivity index (χ4v) is 3.86. The number of benzene rings is 1. The van der Waals surface area contributed by atoms with E-state index in [0.717, 1.165) is 0 Å². The van der Waals surface area contributed by atoms with Gasteiger partial charge < -0.3 is 23.8 Å². The number of likely N-dealkylation sites (tertiary alicyclic amines) is 1. The van der Waals surface area contributed by atoms with Gasteiger partial charge in [-0.3, -0.25) is 14.5 Å². The predicted molar refractivity (Wildman–Crippen MR) is 108 cm³/mol. The number of pyridine rings is 1. The summed E-state index contributed by atoms with van der Waals surface area (Å²) in [6.45, 7) is -3.09. The SMILES string of the molecule is [2H]C1([2H])OC2CN(C(=O)c3ccc(OCCOC(F)(F)F)c(OC)c3)CCC2(c2ccccn2)O1. The largest absolute Gasteiger partial charge is 0.522 e. The monoisotopic (exact) mass is 470 g/mol. The zero-order valence-corrected chi connectivity index (χ0v) is 17.6. The molecule has 2 fully saturated rings. The molecule has 3 heterocycles. The van der Waals surface area contributed by atoms with Gasteiger partial charge in [0.2, 0.25) is 0 Å². The fourth-order valence-electron chi connectivity index (χ4n) is 3.86. The Balaban J connectivity index is 1.46. The summed E-state index contributed by atoms with van der Waals surface area (Å²) in [5, 5.41) is 0. The second-order valence-corrected chi connectivity index (χ2v) is 7.41. The molecule has 2 aromatic rings. The maximum atomic E-state index is 13.2. The lowest BCUT2D eigenvalue weighted by Gasteiger charge is -2.41. The predicted octanol–water partition coefficient (Wildman–Crippen LogP) is 3.12. The zero-order chi connectivity index (χ0) is 25.3. The van der Waals surface area contributed by atoms with Crippen molar-refractivity contribution in [3.63, 3.8) is 0 Å². The first kappa shape index (κ1) is 20.7. The maximum Gasteiger partial charge on any atom is 0.522 e. The van der Waals surface area contributed by atoms with E-state index in [2.05, 4.69) is 9.72 Å². The number of ether oxygens (including phenoxy) is 5. The maximum absolute atomic E-state index is 13.2. The Hall–Kier alpha value is -2.89. The second kappa shape index (κ2) is 9.54. The van der Waals surface area contributed by atoms with Crippen LogP contribution in [0.25, 0.3) is 0 Å². The molecule has 0 radical (unpaired) electrons. The van der Waals surface area contributed by atoms with Crippen LogP contribution >= 0.6 is 0 Å². The van der Waals surface area contributed by atoms with E-state index >= 15 is 0 Å². The van der Waals surface area contributed by atoms with E-state index < -0.39 is 31.4 Å². The summed E-state index contributed by atoms with van der Waals surface area (Å²) in [4.78, 5) is 19.1. The van der Waals surface area contributed by atoms with Crippen LogP contribution in [0.1, 0.15) is 25.2 Å². The van der Waals surface area contributed by atoms with Crippen LogP contribution in [0.15, 0.2) is 42.6 Å². The smallest absolute Gasteiger partial charge is 0.493 e. The molecule has 0 aliphatic carbocycles. The normalized spacial score (nSPS) is 25.1. The Labute approximate surface area is 191 Å². The van der Waals surface area contributed by atoms with Crippen molar-refractivity contribution in [3.05, 3.63) is 53.9 Å². The van der Waals surface area contributed by atoms with E-state index in [1.165, 1.54) is 30.2 Å². The first-order valence-electron chi connectivity index (χ1n) is 11.1. The molecule has 11 heteroatoms. The minimum atomic E-state index is -4.75. The van der Waals surface area contributed by atoms with Crippen molar-refractivity contribution < 1.29 is 44.4 Å². The van der Waals surface area contributed by atoms with Crippen LogP contribution in [0, 0.1) is 0 Å². The van der Waals surface area contributed by atoms with Crippen molar-refractivity contribution >= 4 is 5.91 Å². The van der Waals surface area contributed by atoms with Crippen LogP contribution < -0.4 is 9.47 Å². The van der Waals surface area contributed by atoms with E-state index in [-0.39, 0.29) is 49.1 Å². The van der Waals surface area contributed by atoms with Gasteiger partial charge in [0.25, 0.3) is 5.91 Å². The number of halogens is 3. The summed E-state index contributed by atoms with van der Waals surface area (Å²) in [5.74, 6) is -0.0382. The molecular formula is C22H23F3N2O6. The van der Waals surface area contributed by atoms with Gasteiger partial charge in [0.05, 0.1) is 28.7 Å². The lowest BCUT2D eigenvalue weighted by Crippen LogP contribution is -2.53. The van der Waals surface area contributed by atoms with Crippen molar-refractivity contribution in [2.24, 2.45) is 0 Å². The highest BCUT2D eigenvalue weighted by atomic mass is 19.4. The molecule has 2 saturated heterocycles. The molecule has 2 atom stereocenters. The van der Waals surface area contributed by atoms with Gasteiger partial charge in [-0.1, -0.05) is 6.07 Å². The third kappa shape index (κ3) is 5.05. The number of alkyl halides is 3. The van der Waals surface area contributed by atoms with Crippen LogP contribution in [0.5, 0.6) is 11.5 Å². The van der Waals surface area contributed by atoms with Gasteiger partial charge in [-0.15, -0.1) is 13.2 Å². The molecule has 4 rings (SSSR count). The summed E-state index contributed by atoms with van der Waals surface area (Å²) in [5.41, 5.74) is -0.348. The number of carbonyl (C=O) groups is 1. The number of aromatic nitrogens is 1. The number of carbonyl (C=O) groups excluding carboxylic acids is 1. The molecule has 1 aromatic heterocycles. The molecule has 178 valence electrons. The standard InChI is InChI=1S/C22H23F3N2O6/c1-29-17-12-15(5-6-16(17)30-10-11-32-22(23,24)25)20(28)27-9-7-21(18-4-2-3-8-26-18)19(13-27)31-14-33-21/h2-6,8,12,19H,7,9-11,13-14H2,1H3/i14D2. The van der Waals surface area contributed by atoms with E-state index in [9.17, 15) is 18.0 Å². The molecule has 2 unspecified atom stereocenters. The van der Waals surface area contributed by atoms with Crippen molar-refractivity contribution in [2.75, 3.05) is 40.2 Å². The van der Waals surface area contributed by atoms with Gasteiger partial charge in [-0.05, 0) is 30.3 Å². The highest BCUT2D eigenvalue weighted by Crippen LogP contribution is 2.42. The third-order valence-corrected chi connectivity index (χ3v) is 5.48. The number of hydrogen-bond donors (Lipinski definition) is 0. The number of amides is 1. The first-order valence-corrected chi connectivity index (χ1v) is 10.1. The van der Waals surface area contributed by atoms with E-state index in [4.69, 9.17) is 21.7 Å². The summed E-state index contributed by atoms with van der Waals surface area (Å²) < 4.78 is 77.6. The van der Waals surface area contributed by atoms with Crippen molar-refractivity contribution in [1.82, 2.24) is 9.88 Å². The van der Waals surface area contributed by atoms with Crippen LogP contribution in [-0.2, 0) is 19.8 Å². The molecule has 33 heavy (non-hydrogen) atoms. The highest BCUT2D eigenvalue weighted by molar-refractivity contribution is 5.95. The van der Waals surface area contributed by atoms with Crippen molar-refractivity contribution in [3.8, 4) is 11.5 Å². The van der Waals surface area contributed by atoms with E-state index in [1.807, 2.05) is 0 Å². The van der Waals surface area contributed by atoms with Crippen LogP contribution in [0.3, 0.4) is 0 Å². The van der Waals surface area contributed by atoms with Crippen LogP contribution in [-0.4, -0.2) is 68.4 Å². The van der Waals surface area contributed by atoms with Gasteiger partial charge in [-0.2, -0.15) is 0 Å². The van der Waals surface area contributed by atoms with E-state index in [0.29, 0.717) is 5.69 Å². The lowest BCUT2D eigenvalue weighted by molar-refractivity contribution is -0.325. The average Bonchev–Trinajstić information content (AvgIpc) is 3.11. The number of nitrogens with zero attached hydrogens (tertiary/aromatic N) is 2. The number of piperidine rings is 1. The van der Waals surface area contributed by atoms with Crippen LogP contribution in [0.2, 0.25) is 0 Å². The number of hydrogen-bond acceptors (Lipinski definition) is 7. The topological polar surface area (TPSA) is 79.4 Å². The Morgan fingerprint density at radius 1 is 1.30 bits per heavy atom. The average molecular weight is 470 g/mol. The molecule has 2 aliphatic rings. The molecular weight excluding hydrogens is 445 g/mol. The van der Waals surface area contributed by atoms with Gasteiger partial charge in [-0.25, -0.2) is 0 Å². The minimum absolute atomic E-state index is 0.0598. The molecule has 0 spiro atoms. The molecule has 8 nitrogen and oxygen atoms in total. The third-order valence-electron chi connectivity index (χ3n) is 5.48. The summed E-state index contributed by atoms with van der Waals surface area (Å²) in [6.07, 6.45) is -3.69. The molecule has 0 bridgehead atoms. The molecule has 2 aliphatic heterocycles. The summed E-state index contributed by atoms with van der Waals surface area (Å²) >= 11 is 0. The Kier molecular flexibility index (Phi) is 5.98. The minimum Gasteiger partial charge on any atom is -0.493 e. The van der Waals surface area contributed by atoms with Gasteiger partial charge in [0.15, 0.2) is 11.5 Å². The Morgan fingerprint density at radius 3 is 2.88 bits per heavy atom. The van der Waals surface area contributed by atoms with Crippen LogP contribution in [0.4, 0.5) is 13.2 Å². The van der Waals surface area contributed by atoms with Gasteiger partial charge in [0.1, 0.15) is 25.1 Å². The number of methoxy groups -OCH3 is 1. The second-order valence-electron chi connectivity index (χ2n) is 7.41. The quantitative estimate of drug-likeness (QED) is 0.576. The summed E-state index contributed by atoms with van der Waals surface area (Å²) in [7, 11) is 1.34. The number of fused-ring (bicyclic) bond motifs is 1. The molecule has 0 saturated carbocycles. The Bertz CT molecular complexity index is 1060. The van der Waals surface area contributed by atoms with E-state index in [1.54, 1.807) is 24.4 Å². The molecule has 1 aromatic carbocycles. The zero-order valence-electron chi connectivity index (χ0n) is 19.6. The van der Waals surface area contributed by atoms with Crippen molar-refractivity contribution in [2.45, 2.75) is 24.5 Å². The number of rotatable bonds is 7. The van der Waals surface area contributed by atoms with Crippen molar-refractivity contribution in [1.29, 1.82) is 0 Å². The van der Waals surface area contributed by atoms with Gasteiger partial charge in [0, 0.05) is 24.7 Å². The molecule has 1 amide bonds.